The number of carbonyl (C=O) groups excluding carboxylic acids is 1. The normalized spacial score (nSPS) is 16.9. The van der Waals surface area contributed by atoms with E-state index >= 15 is 0 Å². The van der Waals surface area contributed by atoms with Gasteiger partial charge in [-0.25, -0.2) is 0 Å². The number of carbonyl (C=O) groups is 1. The molecule has 3 rings (SSSR count). The fraction of sp³-hybridized carbons (Fsp3) is 0.350. The monoisotopic (exact) mass is 325 g/mol. The average Bonchev–Trinajstić information content (AvgIpc) is 3.11. The average molecular weight is 325 g/mol. The van der Waals surface area contributed by atoms with E-state index in [0.717, 1.165) is 19.4 Å². The van der Waals surface area contributed by atoms with Gasteiger partial charge >= 0.3 is 0 Å². The molecule has 0 aromatic heterocycles. The van der Waals surface area contributed by atoms with Crippen LogP contribution in [0.2, 0.25) is 0 Å². The SMILES string of the molecule is CCOc1ccccc1OCC(=O)N1CCCC1c1ccccc1. The van der Waals surface area contributed by atoms with Crippen LogP contribution in [0.25, 0.3) is 0 Å². The maximum absolute atomic E-state index is 12.6. The zero-order valence-electron chi connectivity index (χ0n) is 14.0. The number of amides is 1. The molecule has 1 amide bonds. The van der Waals surface area contributed by atoms with Crippen molar-refractivity contribution in [3.63, 3.8) is 0 Å². The Morgan fingerprint density at radius 3 is 2.42 bits per heavy atom. The Balaban J connectivity index is 1.65. The molecule has 1 aliphatic rings. The summed E-state index contributed by atoms with van der Waals surface area (Å²) >= 11 is 0. The van der Waals surface area contributed by atoms with E-state index in [1.807, 2.05) is 54.3 Å². The van der Waals surface area contributed by atoms with Crippen LogP contribution in [0, 0.1) is 0 Å². The zero-order valence-corrected chi connectivity index (χ0v) is 14.0. The van der Waals surface area contributed by atoms with Gasteiger partial charge in [0.2, 0.25) is 0 Å². The lowest BCUT2D eigenvalue weighted by Crippen LogP contribution is -2.34. The van der Waals surface area contributed by atoms with Gasteiger partial charge in [0.05, 0.1) is 12.6 Å². The van der Waals surface area contributed by atoms with Gasteiger partial charge in [-0.1, -0.05) is 42.5 Å². The van der Waals surface area contributed by atoms with Crippen LogP contribution in [0.5, 0.6) is 11.5 Å². The number of para-hydroxylation sites is 2. The van der Waals surface area contributed by atoms with Crippen molar-refractivity contribution in [1.29, 1.82) is 0 Å². The van der Waals surface area contributed by atoms with Crippen LogP contribution in [-0.4, -0.2) is 30.6 Å². The molecule has 4 nitrogen and oxygen atoms in total. The van der Waals surface area contributed by atoms with E-state index in [0.29, 0.717) is 18.1 Å². The summed E-state index contributed by atoms with van der Waals surface area (Å²) in [7, 11) is 0. The van der Waals surface area contributed by atoms with E-state index in [2.05, 4.69) is 12.1 Å². The molecular weight excluding hydrogens is 302 g/mol. The third-order valence-electron chi connectivity index (χ3n) is 4.26. The van der Waals surface area contributed by atoms with Crippen LogP contribution in [-0.2, 0) is 4.79 Å². The second kappa shape index (κ2) is 7.86. The molecule has 1 heterocycles. The zero-order chi connectivity index (χ0) is 16.8. The smallest absolute Gasteiger partial charge is 0.261 e. The molecule has 2 aromatic rings. The highest BCUT2D eigenvalue weighted by atomic mass is 16.5. The Morgan fingerprint density at radius 1 is 1.04 bits per heavy atom. The molecular formula is C20H23NO3. The van der Waals surface area contributed by atoms with Gasteiger partial charge < -0.3 is 14.4 Å². The number of likely N-dealkylation sites (tertiary alicyclic amines) is 1. The first-order valence-corrected chi connectivity index (χ1v) is 8.48. The number of hydrogen-bond acceptors (Lipinski definition) is 3. The molecule has 1 unspecified atom stereocenters. The molecule has 0 saturated carbocycles. The van der Waals surface area contributed by atoms with Crippen LogP contribution >= 0.6 is 0 Å². The lowest BCUT2D eigenvalue weighted by Gasteiger charge is -2.25. The molecule has 1 saturated heterocycles. The molecule has 24 heavy (non-hydrogen) atoms. The van der Waals surface area contributed by atoms with Gasteiger partial charge in [0, 0.05) is 6.54 Å². The molecule has 0 aliphatic carbocycles. The number of benzene rings is 2. The molecule has 4 heteroatoms. The lowest BCUT2D eigenvalue weighted by atomic mass is 10.0. The van der Waals surface area contributed by atoms with Crippen LogP contribution in [0.4, 0.5) is 0 Å². The molecule has 0 radical (unpaired) electrons. The molecule has 0 bridgehead atoms. The van der Waals surface area contributed by atoms with E-state index in [4.69, 9.17) is 9.47 Å². The van der Waals surface area contributed by atoms with Crippen molar-refractivity contribution in [2.24, 2.45) is 0 Å². The maximum atomic E-state index is 12.6. The van der Waals surface area contributed by atoms with Crippen LogP contribution in [0.15, 0.2) is 54.6 Å². The minimum atomic E-state index is 0.0210. The summed E-state index contributed by atoms with van der Waals surface area (Å²) in [6.45, 7) is 3.31. The third kappa shape index (κ3) is 3.70. The highest BCUT2D eigenvalue weighted by molar-refractivity contribution is 5.78. The van der Waals surface area contributed by atoms with Gasteiger partial charge in [-0.2, -0.15) is 0 Å². The van der Waals surface area contributed by atoms with Crippen molar-refractivity contribution in [1.82, 2.24) is 4.90 Å². The van der Waals surface area contributed by atoms with E-state index in [1.54, 1.807) is 0 Å². The Kier molecular flexibility index (Phi) is 5.36. The summed E-state index contributed by atoms with van der Waals surface area (Å²) in [5.74, 6) is 1.31. The van der Waals surface area contributed by atoms with Gasteiger partial charge in [0.25, 0.3) is 5.91 Å². The number of hydrogen-bond donors (Lipinski definition) is 0. The molecule has 1 aliphatic heterocycles. The van der Waals surface area contributed by atoms with E-state index < -0.39 is 0 Å². The van der Waals surface area contributed by atoms with Crippen molar-refractivity contribution in [2.45, 2.75) is 25.8 Å². The van der Waals surface area contributed by atoms with Gasteiger partial charge in [-0.3, -0.25) is 4.79 Å². The molecule has 126 valence electrons. The van der Waals surface area contributed by atoms with E-state index in [1.165, 1.54) is 5.56 Å². The molecule has 1 atom stereocenters. The van der Waals surface area contributed by atoms with Crippen molar-refractivity contribution >= 4 is 5.91 Å². The summed E-state index contributed by atoms with van der Waals surface area (Å²) in [6.07, 6.45) is 2.03. The van der Waals surface area contributed by atoms with Crippen molar-refractivity contribution in [3.05, 3.63) is 60.2 Å². The highest BCUT2D eigenvalue weighted by Gasteiger charge is 2.30. The second-order valence-electron chi connectivity index (χ2n) is 5.82. The standard InChI is InChI=1S/C20H23NO3/c1-2-23-18-12-6-7-13-19(18)24-15-20(22)21-14-8-11-17(21)16-9-4-3-5-10-16/h3-7,9-10,12-13,17H,2,8,11,14-15H2,1H3. The van der Waals surface area contributed by atoms with Crippen LogP contribution < -0.4 is 9.47 Å². The maximum Gasteiger partial charge on any atom is 0.261 e. The predicted molar refractivity (Wildman–Crippen MR) is 93.2 cm³/mol. The minimum Gasteiger partial charge on any atom is -0.490 e. The van der Waals surface area contributed by atoms with Crippen LogP contribution in [0.1, 0.15) is 31.4 Å². The Labute approximate surface area is 143 Å². The second-order valence-corrected chi connectivity index (χ2v) is 5.82. The Hall–Kier alpha value is -2.49. The van der Waals surface area contributed by atoms with Crippen LogP contribution in [0.3, 0.4) is 0 Å². The van der Waals surface area contributed by atoms with Gasteiger partial charge in [-0.15, -0.1) is 0 Å². The minimum absolute atomic E-state index is 0.0210. The van der Waals surface area contributed by atoms with Gasteiger partial charge in [-0.05, 0) is 37.5 Å². The van der Waals surface area contributed by atoms with Crippen molar-refractivity contribution in [2.75, 3.05) is 19.8 Å². The number of rotatable bonds is 6. The van der Waals surface area contributed by atoms with E-state index in [-0.39, 0.29) is 18.6 Å². The largest absolute Gasteiger partial charge is 0.490 e. The summed E-state index contributed by atoms with van der Waals surface area (Å²) in [5.41, 5.74) is 1.19. The molecule has 2 aromatic carbocycles. The quantitative estimate of drug-likeness (QED) is 0.810. The van der Waals surface area contributed by atoms with Gasteiger partial charge in [0.1, 0.15) is 0 Å². The summed E-state index contributed by atoms with van der Waals surface area (Å²) in [6, 6.07) is 17.8. The first kappa shape index (κ1) is 16.4. The van der Waals surface area contributed by atoms with E-state index in [9.17, 15) is 4.79 Å². The summed E-state index contributed by atoms with van der Waals surface area (Å²) in [5, 5.41) is 0. The fourth-order valence-electron chi connectivity index (χ4n) is 3.15. The molecule has 0 spiro atoms. The highest BCUT2D eigenvalue weighted by Crippen LogP contribution is 2.32. The Bertz CT molecular complexity index is 672. The number of nitrogens with zero attached hydrogens (tertiary/aromatic N) is 1. The topological polar surface area (TPSA) is 38.8 Å². The summed E-state index contributed by atoms with van der Waals surface area (Å²) in [4.78, 5) is 14.6. The summed E-state index contributed by atoms with van der Waals surface area (Å²) < 4.78 is 11.3. The molecule has 1 fully saturated rings. The first-order chi connectivity index (χ1) is 11.8. The predicted octanol–water partition coefficient (Wildman–Crippen LogP) is 3.83. The number of ether oxygens (including phenoxy) is 2. The first-order valence-electron chi connectivity index (χ1n) is 8.48. The van der Waals surface area contributed by atoms with Crippen molar-refractivity contribution < 1.29 is 14.3 Å². The third-order valence-corrected chi connectivity index (χ3v) is 4.26. The van der Waals surface area contributed by atoms with Gasteiger partial charge in [0.15, 0.2) is 18.1 Å². The molecule has 0 N–H and O–H groups in total. The van der Waals surface area contributed by atoms with Crippen molar-refractivity contribution in [3.8, 4) is 11.5 Å². The Morgan fingerprint density at radius 2 is 1.71 bits per heavy atom. The lowest BCUT2D eigenvalue weighted by molar-refractivity contribution is -0.134. The fourth-order valence-corrected chi connectivity index (χ4v) is 3.15.